The third-order valence-corrected chi connectivity index (χ3v) is 3.18. The van der Waals surface area contributed by atoms with Crippen molar-refractivity contribution in [1.29, 1.82) is 0 Å². The summed E-state index contributed by atoms with van der Waals surface area (Å²) in [4.78, 5) is 0. The minimum absolute atomic E-state index is 0.212. The van der Waals surface area contributed by atoms with Gasteiger partial charge in [-0.3, -0.25) is 0 Å². The van der Waals surface area contributed by atoms with Gasteiger partial charge in [0, 0.05) is 174 Å². The first-order valence-corrected chi connectivity index (χ1v) is 10.2. The van der Waals surface area contributed by atoms with Crippen LogP contribution in [0.15, 0.2) is 48.5 Å². The molecule has 2 heterocycles. The Labute approximate surface area is 318 Å². The van der Waals surface area contributed by atoms with Crippen LogP contribution in [0.2, 0.25) is 5.15 Å². The van der Waals surface area contributed by atoms with Gasteiger partial charge in [-0.1, -0.05) is 23.7 Å². The van der Waals surface area contributed by atoms with Crippen molar-refractivity contribution < 1.29 is 178 Å². The fraction of sp³-hybridized carbons (Fsp3) is 0.125. The minimum atomic E-state index is -0.212. The molecule has 0 aliphatic carbocycles. The Kier molecular flexibility index (Phi) is 444. The molecule has 0 aliphatic heterocycles. The topological polar surface area (TPSA) is 104 Å². The van der Waals surface area contributed by atoms with Crippen molar-refractivity contribution in [3.8, 4) is 0 Å². The molecule has 390 valence electrons. The summed E-state index contributed by atoms with van der Waals surface area (Å²) in [5, 5.41) is 15.0. The Hall–Kier alpha value is -5.46. The highest BCUT2D eigenvalue weighted by Gasteiger charge is 1.98. The molecule has 0 saturated carbocycles. The molecule has 0 spiro atoms. The van der Waals surface area contributed by atoms with E-state index in [1.807, 2.05) is 6.07 Å². The number of nitrogen functional groups attached to an aromatic ring is 2. The molecule has 1 aromatic carbocycles. The van der Waals surface area contributed by atoms with Crippen molar-refractivity contribution in [2.75, 3.05) is 11.5 Å². The SMILES string of the molecule is FF.FF.FF.FF.FF.FF.FF.FF.FF.FF.FF.FF.FF.FF.FF.FF.FF.FF.FF.Nc1ccc(CCc2ccc(F)cc2)nn1.Nc1ccc(Cl)nn1. The van der Waals surface area contributed by atoms with E-state index in [0.29, 0.717) is 16.8 Å². The summed E-state index contributed by atoms with van der Waals surface area (Å²) in [6.45, 7) is 0. The Morgan fingerprint density at radius 3 is 0.742 bits per heavy atom. The molecule has 0 aliphatic rings. The first kappa shape index (κ1) is 117. The molecule has 0 radical (unpaired) electrons. The molecule has 0 saturated heterocycles. The van der Waals surface area contributed by atoms with Crippen LogP contribution < -0.4 is 11.5 Å². The molecule has 3 rings (SSSR count). The van der Waals surface area contributed by atoms with E-state index < -0.39 is 0 Å². The lowest BCUT2D eigenvalue weighted by atomic mass is 10.1. The average molecular weight is 1070 g/mol. The van der Waals surface area contributed by atoms with Crippen molar-refractivity contribution >= 4 is 23.2 Å². The molecule has 0 bridgehead atoms. The number of hydrogen-bond donors (Lipinski definition) is 2. The normalized spacial score (nSPS) is 5.68. The van der Waals surface area contributed by atoms with Gasteiger partial charge in [-0.15, -0.1) is 15.3 Å². The summed E-state index contributed by atoms with van der Waals surface area (Å²) >= 11 is 5.38. The molecule has 3 aromatic rings. The van der Waals surface area contributed by atoms with Crippen LogP contribution in [0.3, 0.4) is 0 Å². The lowest BCUT2D eigenvalue weighted by molar-refractivity contribution is 0.108. The van der Waals surface area contributed by atoms with Gasteiger partial charge < -0.3 is 11.5 Å². The first-order valence-electron chi connectivity index (χ1n) is 9.81. The average Bonchev–Trinajstić information content (AvgIpc) is 3.44. The van der Waals surface area contributed by atoms with Crippen LogP contribution in [0.4, 0.5) is 190 Å². The zero-order valence-electron chi connectivity index (χ0n) is 27.1. The zero-order valence-corrected chi connectivity index (χ0v) is 27.9. The fourth-order valence-corrected chi connectivity index (χ4v) is 1.85. The summed E-state index contributed by atoms with van der Waals surface area (Å²) in [6, 6.07) is 13.2. The maximum atomic E-state index is 12.7. The molecular weight excluding hydrogens is 1050 g/mol. The second kappa shape index (κ2) is 235. The van der Waals surface area contributed by atoms with Gasteiger partial charge in [0.05, 0.1) is 5.69 Å². The van der Waals surface area contributed by atoms with Crippen LogP contribution in [0, 0.1) is 5.82 Å². The quantitative estimate of drug-likeness (QED) is 0.253. The lowest BCUT2D eigenvalue weighted by Crippen LogP contribution is -1.99. The van der Waals surface area contributed by atoms with E-state index in [2.05, 4.69) is 20.4 Å². The first-order chi connectivity index (χ1) is 30.5. The Morgan fingerprint density at radius 2 is 0.548 bits per heavy atom. The van der Waals surface area contributed by atoms with Crippen molar-refractivity contribution in [3.05, 3.63) is 70.8 Å². The third-order valence-electron chi connectivity index (χ3n) is 2.98. The standard InChI is InChI=1S/C12H12FN3.C4H4ClN3.19F2/c13-10-4-1-9(2-5-10)3-6-11-7-8-12(14)16-15-11;5-3-1-2-4(6)8-7-3;19*1-2/h1-2,4-5,7-8H,3,6H2,(H2,14,16);1-2H,(H2,6,8);;;;;;;;;;;;;;;;;;;. The predicted octanol–water partition coefficient (Wildman–Crippen LogP) is 18.7. The highest BCUT2D eigenvalue weighted by molar-refractivity contribution is 6.29. The van der Waals surface area contributed by atoms with Crippen LogP contribution in [0.1, 0.15) is 11.3 Å². The maximum absolute atomic E-state index is 12.7. The smallest absolute Gasteiger partial charge is 0.151 e. The number of aromatic nitrogens is 4. The molecule has 46 heteroatoms. The van der Waals surface area contributed by atoms with E-state index in [1.165, 1.54) is 12.1 Å². The minimum Gasteiger partial charge on any atom is -0.382 e. The number of halogens is 40. The second-order valence-corrected chi connectivity index (χ2v) is 5.24. The van der Waals surface area contributed by atoms with Gasteiger partial charge in [0.2, 0.25) is 0 Å². The van der Waals surface area contributed by atoms with Gasteiger partial charge in [-0.05, 0) is 54.8 Å². The molecular formula is C16H16ClF39N6. The Bertz CT molecular complexity index is 734. The zero-order chi connectivity index (χ0) is 55.4. The largest absolute Gasteiger partial charge is 0.382 e. The summed E-state index contributed by atoms with van der Waals surface area (Å²) in [6.07, 6.45) is 1.60. The Balaban J connectivity index is -0.0000000229. The van der Waals surface area contributed by atoms with Crippen molar-refractivity contribution in [3.63, 3.8) is 0 Å². The third kappa shape index (κ3) is 179. The molecule has 4 N–H and O–H groups in total. The highest BCUT2D eigenvalue weighted by Crippen LogP contribution is 2.07. The number of aryl methyl sites for hydroxylation is 2. The van der Waals surface area contributed by atoms with E-state index in [1.54, 1.807) is 30.3 Å². The molecule has 0 amide bonds. The monoisotopic (exact) mass is 1070 g/mol. The van der Waals surface area contributed by atoms with Crippen molar-refractivity contribution in [1.82, 2.24) is 20.4 Å². The number of rotatable bonds is 3. The van der Waals surface area contributed by atoms with Gasteiger partial charge in [-0.2, -0.15) is 5.10 Å². The number of nitrogens with zero attached hydrogens (tertiary/aromatic N) is 4. The van der Waals surface area contributed by atoms with Gasteiger partial charge in [-0.25, -0.2) is 4.39 Å². The summed E-state index contributed by atoms with van der Waals surface area (Å²) in [5.41, 5.74) is 12.6. The lowest BCUT2D eigenvalue weighted by Gasteiger charge is -2.01. The van der Waals surface area contributed by atoms with Crippen molar-refractivity contribution in [2.24, 2.45) is 0 Å². The summed E-state index contributed by atoms with van der Waals surface area (Å²) < 4.78 is 317. The number of nitrogens with two attached hydrogens (primary N) is 2. The van der Waals surface area contributed by atoms with Crippen LogP contribution in [-0.4, -0.2) is 20.4 Å². The summed E-state index contributed by atoms with van der Waals surface area (Å²) in [7, 11) is 0. The second-order valence-electron chi connectivity index (χ2n) is 4.86. The van der Waals surface area contributed by atoms with Crippen LogP contribution in [0.25, 0.3) is 0 Å². The van der Waals surface area contributed by atoms with Gasteiger partial charge in [0.25, 0.3) is 0 Å². The van der Waals surface area contributed by atoms with Crippen molar-refractivity contribution in [2.45, 2.75) is 12.8 Å². The molecule has 2 aromatic heterocycles. The van der Waals surface area contributed by atoms with E-state index in [9.17, 15) is 4.39 Å². The predicted molar refractivity (Wildman–Crippen MR) is 134 cm³/mol. The Morgan fingerprint density at radius 1 is 0.306 bits per heavy atom. The molecule has 62 heavy (non-hydrogen) atoms. The van der Waals surface area contributed by atoms with Crippen LogP contribution in [0.5, 0.6) is 0 Å². The molecule has 0 atom stereocenters. The maximum Gasteiger partial charge on any atom is 0.151 e. The van der Waals surface area contributed by atoms with E-state index in [-0.39, 0.29) is 5.82 Å². The fourth-order valence-electron chi connectivity index (χ4n) is 1.75. The van der Waals surface area contributed by atoms with Gasteiger partial charge in [0.15, 0.2) is 5.15 Å². The van der Waals surface area contributed by atoms with Crippen LogP contribution >= 0.6 is 11.6 Å². The van der Waals surface area contributed by atoms with E-state index in [4.69, 9.17) is 197 Å². The number of hydrogen-bond acceptors (Lipinski definition) is 6. The van der Waals surface area contributed by atoms with Gasteiger partial charge in [0.1, 0.15) is 17.5 Å². The molecule has 6 nitrogen and oxygen atoms in total. The summed E-state index contributed by atoms with van der Waals surface area (Å²) in [5.74, 6) is 0.593. The molecule has 0 fully saturated rings. The van der Waals surface area contributed by atoms with E-state index in [0.717, 1.165) is 24.1 Å². The number of benzene rings is 1. The van der Waals surface area contributed by atoms with Crippen LogP contribution in [-0.2, 0) is 12.8 Å². The highest BCUT2D eigenvalue weighted by atomic mass is 35.5. The molecule has 0 unspecified atom stereocenters. The number of anilines is 2. The van der Waals surface area contributed by atoms with Gasteiger partial charge >= 0.3 is 0 Å². The van der Waals surface area contributed by atoms with E-state index >= 15 is 0 Å².